The number of sulfonamides is 1. The van der Waals surface area contributed by atoms with Crippen molar-refractivity contribution in [2.45, 2.75) is 19.8 Å². The molecule has 0 N–H and O–H groups in total. The molecule has 1 aromatic rings. The van der Waals surface area contributed by atoms with Gasteiger partial charge in [0.05, 0.1) is 12.5 Å². The van der Waals surface area contributed by atoms with E-state index < -0.39 is 10.0 Å². The van der Waals surface area contributed by atoms with Gasteiger partial charge in [0.1, 0.15) is 0 Å². The Kier molecular flexibility index (Phi) is 6.21. The van der Waals surface area contributed by atoms with Gasteiger partial charge in [-0.2, -0.15) is 4.31 Å². The summed E-state index contributed by atoms with van der Waals surface area (Å²) in [5.74, 6) is -0.712. The number of rotatable bonds is 5. The first kappa shape index (κ1) is 18.0. The summed E-state index contributed by atoms with van der Waals surface area (Å²) >= 11 is 5.80. The molecule has 23 heavy (non-hydrogen) atoms. The van der Waals surface area contributed by atoms with E-state index in [0.717, 1.165) is 5.56 Å². The molecular weight excluding hydrogens is 338 g/mol. The molecule has 0 spiro atoms. The first-order valence-corrected chi connectivity index (χ1v) is 9.41. The van der Waals surface area contributed by atoms with E-state index in [0.29, 0.717) is 31.0 Å². The lowest BCUT2D eigenvalue weighted by Gasteiger charge is -2.29. The SMILES string of the molecule is CCOC(=O)C1CCCN(S(=O)(=O)/C=C/c2ccc(Cl)cc2)C1. The first-order valence-electron chi connectivity index (χ1n) is 7.53. The van der Waals surface area contributed by atoms with Crippen LogP contribution >= 0.6 is 11.6 Å². The summed E-state index contributed by atoms with van der Waals surface area (Å²) in [7, 11) is -3.56. The molecule has 1 aliphatic rings. The monoisotopic (exact) mass is 357 g/mol. The van der Waals surface area contributed by atoms with Crippen LogP contribution in [0.25, 0.3) is 6.08 Å². The normalized spacial score (nSPS) is 19.8. The number of carbonyl (C=O) groups is 1. The number of piperidine rings is 1. The Balaban J connectivity index is 2.06. The van der Waals surface area contributed by atoms with Crippen LogP contribution in [0.4, 0.5) is 0 Å². The Morgan fingerprint density at radius 2 is 2.09 bits per heavy atom. The zero-order valence-electron chi connectivity index (χ0n) is 12.9. The minimum Gasteiger partial charge on any atom is -0.466 e. The third-order valence-electron chi connectivity index (χ3n) is 3.67. The van der Waals surface area contributed by atoms with Crippen LogP contribution in [-0.2, 0) is 19.6 Å². The number of carbonyl (C=O) groups excluding carboxylic acids is 1. The van der Waals surface area contributed by atoms with Crippen molar-refractivity contribution in [1.82, 2.24) is 4.31 Å². The summed E-state index contributed by atoms with van der Waals surface area (Å²) in [6.07, 6.45) is 2.84. The summed E-state index contributed by atoms with van der Waals surface area (Å²) < 4.78 is 31.2. The summed E-state index contributed by atoms with van der Waals surface area (Å²) in [4.78, 5) is 11.8. The zero-order chi connectivity index (χ0) is 16.9. The van der Waals surface area contributed by atoms with Gasteiger partial charge in [-0.3, -0.25) is 4.79 Å². The summed E-state index contributed by atoms with van der Waals surface area (Å²) in [5, 5.41) is 1.77. The largest absolute Gasteiger partial charge is 0.466 e. The molecule has 2 rings (SSSR count). The number of esters is 1. The van der Waals surface area contributed by atoms with Crippen LogP contribution < -0.4 is 0 Å². The Morgan fingerprint density at radius 3 is 2.74 bits per heavy atom. The van der Waals surface area contributed by atoms with E-state index in [1.54, 1.807) is 31.2 Å². The van der Waals surface area contributed by atoms with Crippen molar-refractivity contribution < 1.29 is 17.9 Å². The van der Waals surface area contributed by atoms with Crippen LogP contribution in [0.2, 0.25) is 5.02 Å². The smallest absolute Gasteiger partial charge is 0.310 e. The predicted molar refractivity (Wildman–Crippen MR) is 90.3 cm³/mol. The minimum absolute atomic E-state index is 0.173. The van der Waals surface area contributed by atoms with E-state index in [2.05, 4.69) is 0 Å². The van der Waals surface area contributed by atoms with Crippen molar-refractivity contribution in [3.8, 4) is 0 Å². The molecule has 0 amide bonds. The molecule has 1 aromatic carbocycles. The van der Waals surface area contributed by atoms with E-state index in [1.165, 1.54) is 15.8 Å². The van der Waals surface area contributed by atoms with Crippen molar-refractivity contribution in [2.75, 3.05) is 19.7 Å². The fraction of sp³-hybridized carbons (Fsp3) is 0.438. The van der Waals surface area contributed by atoms with Gasteiger partial charge in [-0.25, -0.2) is 8.42 Å². The van der Waals surface area contributed by atoms with E-state index >= 15 is 0 Å². The molecule has 1 atom stereocenters. The van der Waals surface area contributed by atoms with Gasteiger partial charge in [0.2, 0.25) is 10.0 Å². The average Bonchev–Trinajstić information content (AvgIpc) is 2.55. The molecule has 7 heteroatoms. The van der Waals surface area contributed by atoms with Crippen LogP contribution in [0.15, 0.2) is 29.7 Å². The van der Waals surface area contributed by atoms with E-state index in [9.17, 15) is 13.2 Å². The Bertz CT molecular complexity index is 670. The Labute approximate surface area is 141 Å². The third kappa shape index (κ3) is 5.06. The maximum atomic E-state index is 12.4. The number of hydrogen-bond donors (Lipinski definition) is 0. The summed E-state index contributed by atoms with van der Waals surface area (Å²) in [6, 6.07) is 6.88. The Hall–Kier alpha value is -1.37. The van der Waals surface area contributed by atoms with Gasteiger partial charge in [-0.05, 0) is 43.5 Å². The molecule has 5 nitrogen and oxygen atoms in total. The first-order chi connectivity index (χ1) is 10.9. The fourth-order valence-corrected chi connectivity index (χ4v) is 3.85. The highest BCUT2D eigenvalue weighted by molar-refractivity contribution is 7.92. The highest BCUT2D eigenvalue weighted by atomic mass is 35.5. The van der Waals surface area contributed by atoms with Crippen LogP contribution in [0.3, 0.4) is 0 Å². The molecule has 0 saturated carbocycles. The van der Waals surface area contributed by atoms with Crippen molar-refractivity contribution >= 4 is 33.7 Å². The van der Waals surface area contributed by atoms with Gasteiger partial charge >= 0.3 is 5.97 Å². The highest BCUT2D eigenvalue weighted by Crippen LogP contribution is 2.21. The summed E-state index contributed by atoms with van der Waals surface area (Å²) in [5.41, 5.74) is 0.747. The van der Waals surface area contributed by atoms with Gasteiger partial charge in [0.15, 0.2) is 0 Å². The van der Waals surface area contributed by atoms with Crippen molar-refractivity contribution in [3.05, 3.63) is 40.3 Å². The second kappa shape index (κ2) is 7.95. The number of nitrogens with zero attached hydrogens (tertiary/aromatic N) is 1. The Morgan fingerprint density at radius 1 is 1.39 bits per heavy atom. The predicted octanol–water partition coefficient (Wildman–Crippen LogP) is 2.92. The maximum Gasteiger partial charge on any atom is 0.310 e. The number of benzene rings is 1. The van der Waals surface area contributed by atoms with E-state index in [-0.39, 0.29) is 18.4 Å². The number of hydrogen-bond acceptors (Lipinski definition) is 4. The van der Waals surface area contributed by atoms with Gasteiger partial charge in [-0.15, -0.1) is 0 Å². The molecule has 1 saturated heterocycles. The molecule has 1 aliphatic heterocycles. The lowest BCUT2D eigenvalue weighted by molar-refractivity contribution is -0.149. The number of halogens is 1. The molecule has 0 bridgehead atoms. The maximum absolute atomic E-state index is 12.4. The van der Waals surface area contributed by atoms with Crippen molar-refractivity contribution in [2.24, 2.45) is 5.92 Å². The molecule has 1 fully saturated rings. The van der Waals surface area contributed by atoms with E-state index in [1.807, 2.05) is 0 Å². The van der Waals surface area contributed by atoms with Crippen LogP contribution in [0.5, 0.6) is 0 Å². The standard InChI is InChI=1S/C16H20ClNO4S/c1-2-22-16(19)14-4-3-10-18(12-14)23(20,21)11-9-13-5-7-15(17)8-6-13/h5-9,11,14H,2-4,10,12H2,1H3/b11-9+. The van der Waals surface area contributed by atoms with Gasteiger partial charge < -0.3 is 4.74 Å². The lowest BCUT2D eigenvalue weighted by atomic mass is 10.0. The number of ether oxygens (including phenoxy) is 1. The average molecular weight is 358 g/mol. The second-order valence-corrected chi connectivity index (χ2v) is 7.60. The minimum atomic E-state index is -3.56. The highest BCUT2D eigenvalue weighted by Gasteiger charge is 2.31. The van der Waals surface area contributed by atoms with Crippen LogP contribution in [0.1, 0.15) is 25.3 Å². The molecule has 0 radical (unpaired) electrons. The molecule has 0 aliphatic carbocycles. The summed E-state index contributed by atoms with van der Waals surface area (Å²) in [6.45, 7) is 2.64. The van der Waals surface area contributed by atoms with Crippen molar-refractivity contribution in [1.29, 1.82) is 0 Å². The third-order valence-corrected chi connectivity index (χ3v) is 5.45. The quantitative estimate of drug-likeness (QED) is 0.760. The van der Waals surface area contributed by atoms with Crippen LogP contribution in [-0.4, -0.2) is 38.4 Å². The molecule has 0 aromatic heterocycles. The molecule has 1 unspecified atom stereocenters. The molecule has 126 valence electrons. The second-order valence-electron chi connectivity index (χ2n) is 5.35. The molecule has 1 heterocycles. The van der Waals surface area contributed by atoms with Crippen LogP contribution in [0, 0.1) is 5.92 Å². The van der Waals surface area contributed by atoms with Gasteiger partial charge in [-0.1, -0.05) is 23.7 Å². The fourth-order valence-electron chi connectivity index (χ4n) is 2.45. The zero-order valence-corrected chi connectivity index (χ0v) is 14.5. The van der Waals surface area contributed by atoms with Crippen molar-refractivity contribution in [3.63, 3.8) is 0 Å². The van der Waals surface area contributed by atoms with Gasteiger partial charge in [0.25, 0.3) is 0 Å². The van der Waals surface area contributed by atoms with E-state index in [4.69, 9.17) is 16.3 Å². The topological polar surface area (TPSA) is 63.7 Å². The van der Waals surface area contributed by atoms with Gasteiger partial charge in [0, 0.05) is 23.5 Å². The molecular formula is C16H20ClNO4S. The lowest BCUT2D eigenvalue weighted by Crippen LogP contribution is -2.41.